The number of carbonyl (C=O) groups is 2. The number of nitrogens with two attached hydrogens (primary N) is 1. The van der Waals surface area contributed by atoms with Gasteiger partial charge in [0, 0.05) is 19.6 Å². The Morgan fingerprint density at radius 2 is 2.09 bits per heavy atom. The van der Waals surface area contributed by atoms with Crippen molar-refractivity contribution in [1.82, 2.24) is 9.80 Å². The highest BCUT2D eigenvalue weighted by atomic mass is 16.6. The molecule has 1 heterocycles. The zero-order chi connectivity index (χ0) is 16.7. The normalized spacial score (nSPS) is 17.1. The van der Waals surface area contributed by atoms with Crippen molar-refractivity contribution in [3.8, 4) is 0 Å². The topological polar surface area (TPSA) is 75.9 Å². The van der Waals surface area contributed by atoms with Gasteiger partial charge in [0.05, 0.1) is 12.6 Å². The van der Waals surface area contributed by atoms with Crippen molar-refractivity contribution in [2.45, 2.75) is 32.4 Å². The Morgan fingerprint density at radius 1 is 1.35 bits per heavy atom. The predicted octanol–water partition coefficient (Wildman–Crippen LogP) is 1.59. The smallest absolute Gasteiger partial charge is 0.410 e. The van der Waals surface area contributed by atoms with Crippen molar-refractivity contribution in [3.63, 3.8) is 0 Å². The first-order valence-electron chi connectivity index (χ1n) is 8.10. The molecule has 1 fully saturated rings. The van der Waals surface area contributed by atoms with E-state index < -0.39 is 0 Å². The summed E-state index contributed by atoms with van der Waals surface area (Å²) in [5, 5.41) is 0. The highest BCUT2D eigenvalue weighted by Gasteiger charge is 2.31. The summed E-state index contributed by atoms with van der Waals surface area (Å²) in [6.45, 7) is 3.97. The molecule has 0 spiro atoms. The molecule has 0 bridgehead atoms. The van der Waals surface area contributed by atoms with Gasteiger partial charge in [-0.1, -0.05) is 30.3 Å². The minimum Gasteiger partial charge on any atom is -0.445 e. The molecule has 1 aliphatic heterocycles. The lowest BCUT2D eigenvalue weighted by Crippen LogP contribution is -2.46. The Balaban J connectivity index is 1.89. The van der Waals surface area contributed by atoms with E-state index in [0.717, 1.165) is 18.4 Å². The summed E-state index contributed by atoms with van der Waals surface area (Å²) < 4.78 is 5.40. The summed E-state index contributed by atoms with van der Waals surface area (Å²) in [7, 11) is 0. The maximum Gasteiger partial charge on any atom is 0.410 e. The maximum absolute atomic E-state index is 12.3. The molecular weight excluding hydrogens is 294 g/mol. The van der Waals surface area contributed by atoms with Crippen LogP contribution in [-0.2, 0) is 16.1 Å². The Kier molecular flexibility index (Phi) is 6.40. The third kappa shape index (κ3) is 4.69. The fourth-order valence-corrected chi connectivity index (χ4v) is 2.86. The molecule has 6 heteroatoms. The van der Waals surface area contributed by atoms with Gasteiger partial charge in [-0.15, -0.1) is 0 Å². The SMILES string of the molecule is CCN(CC1CCCN1C(=O)OCc1ccccc1)C(=O)CN. The predicted molar refractivity (Wildman–Crippen MR) is 87.7 cm³/mol. The molecule has 0 radical (unpaired) electrons. The van der Waals surface area contributed by atoms with Crippen molar-refractivity contribution >= 4 is 12.0 Å². The first-order chi connectivity index (χ1) is 11.2. The van der Waals surface area contributed by atoms with E-state index in [1.165, 1.54) is 0 Å². The van der Waals surface area contributed by atoms with Crippen molar-refractivity contribution < 1.29 is 14.3 Å². The second kappa shape index (κ2) is 8.53. The van der Waals surface area contributed by atoms with E-state index in [2.05, 4.69) is 0 Å². The molecule has 1 aromatic rings. The van der Waals surface area contributed by atoms with Crippen LogP contribution in [0.15, 0.2) is 30.3 Å². The van der Waals surface area contributed by atoms with Crippen LogP contribution < -0.4 is 5.73 Å². The molecule has 2 rings (SSSR count). The van der Waals surface area contributed by atoms with Crippen LogP contribution in [0.5, 0.6) is 0 Å². The van der Waals surface area contributed by atoms with Crippen molar-refractivity contribution in [1.29, 1.82) is 0 Å². The van der Waals surface area contributed by atoms with Crippen LogP contribution in [0.25, 0.3) is 0 Å². The van der Waals surface area contributed by atoms with Gasteiger partial charge in [-0.25, -0.2) is 4.79 Å². The molecule has 0 saturated carbocycles. The molecule has 1 saturated heterocycles. The van der Waals surface area contributed by atoms with Gasteiger partial charge in [-0.3, -0.25) is 4.79 Å². The molecule has 1 unspecified atom stereocenters. The van der Waals surface area contributed by atoms with E-state index in [0.29, 0.717) is 19.6 Å². The third-order valence-corrected chi connectivity index (χ3v) is 4.16. The molecule has 23 heavy (non-hydrogen) atoms. The van der Waals surface area contributed by atoms with Crippen LogP contribution in [0.4, 0.5) is 4.79 Å². The first-order valence-corrected chi connectivity index (χ1v) is 8.10. The van der Waals surface area contributed by atoms with E-state index in [1.807, 2.05) is 37.3 Å². The van der Waals surface area contributed by atoms with E-state index in [9.17, 15) is 9.59 Å². The van der Waals surface area contributed by atoms with Crippen LogP contribution >= 0.6 is 0 Å². The molecule has 2 amide bonds. The molecule has 1 aromatic carbocycles. The van der Waals surface area contributed by atoms with Gasteiger partial charge in [0.2, 0.25) is 5.91 Å². The molecular formula is C17H25N3O3. The number of nitrogens with zero attached hydrogens (tertiary/aromatic N) is 2. The standard InChI is InChI=1S/C17H25N3O3/c1-2-19(16(21)11-18)12-15-9-6-10-20(15)17(22)23-13-14-7-4-3-5-8-14/h3-5,7-8,15H,2,6,9-13,18H2,1H3. The van der Waals surface area contributed by atoms with Crippen LogP contribution in [-0.4, -0.2) is 54.0 Å². The highest BCUT2D eigenvalue weighted by molar-refractivity contribution is 5.78. The van der Waals surface area contributed by atoms with E-state index >= 15 is 0 Å². The second-order valence-corrected chi connectivity index (χ2v) is 5.67. The van der Waals surface area contributed by atoms with Gasteiger partial charge in [0.15, 0.2) is 0 Å². The van der Waals surface area contributed by atoms with Crippen LogP contribution in [0.2, 0.25) is 0 Å². The van der Waals surface area contributed by atoms with Gasteiger partial charge < -0.3 is 20.3 Å². The molecule has 6 nitrogen and oxygen atoms in total. The fraction of sp³-hybridized carbons (Fsp3) is 0.529. The quantitative estimate of drug-likeness (QED) is 0.864. The number of benzene rings is 1. The van der Waals surface area contributed by atoms with Gasteiger partial charge in [0.25, 0.3) is 0 Å². The Hall–Kier alpha value is -2.08. The minimum atomic E-state index is -0.312. The molecule has 1 aliphatic rings. The molecule has 0 aliphatic carbocycles. The summed E-state index contributed by atoms with van der Waals surface area (Å²) in [6.07, 6.45) is 1.50. The number of likely N-dealkylation sites (tertiary alicyclic amines) is 1. The summed E-state index contributed by atoms with van der Waals surface area (Å²) in [5.74, 6) is -0.0861. The Bertz CT molecular complexity index is 521. The lowest BCUT2D eigenvalue weighted by molar-refractivity contribution is -0.130. The highest BCUT2D eigenvalue weighted by Crippen LogP contribution is 2.20. The zero-order valence-corrected chi connectivity index (χ0v) is 13.6. The van der Waals surface area contributed by atoms with Crippen LogP contribution in [0.1, 0.15) is 25.3 Å². The number of carbonyl (C=O) groups excluding carboxylic acids is 2. The molecule has 126 valence electrons. The monoisotopic (exact) mass is 319 g/mol. The number of amides is 2. The third-order valence-electron chi connectivity index (χ3n) is 4.16. The average Bonchev–Trinajstić information content (AvgIpc) is 3.06. The van der Waals surface area contributed by atoms with Crippen molar-refractivity contribution in [3.05, 3.63) is 35.9 Å². The van der Waals surface area contributed by atoms with Gasteiger partial charge in [0.1, 0.15) is 6.61 Å². The number of hydrogen-bond donors (Lipinski definition) is 1. The summed E-state index contributed by atoms with van der Waals surface area (Å²) in [6, 6.07) is 9.61. The summed E-state index contributed by atoms with van der Waals surface area (Å²) in [5.41, 5.74) is 6.40. The van der Waals surface area contributed by atoms with E-state index in [1.54, 1.807) is 9.80 Å². The van der Waals surface area contributed by atoms with E-state index in [4.69, 9.17) is 10.5 Å². The van der Waals surface area contributed by atoms with Gasteiger partial charge >= 0.3 is 6.09 Å². The average molecular weight is 319 g/mol. The van der Waals surface area contributed by atoms with Crippen molar-refractivity contribution in [2.24, 2.45) is 5.73 Å². The van der Waals surface area contributed by atoms with Crippen LogP contribution in [0.3, 0.4) is 0 Å². The largest absolute Gasteiger partial charge is 0.445 e. The second-order valence-electron chi connectivity index (χ2n) is 5.67. The number of hydrogen-bond acceptors (Lipinski definition) is 4. The van der Waals surface area contributed by atoms with E-state index in [-0.39, 0.29) is 31.2 Å². The minimum absolute atomic E-state index is 0.000979. The number of ether oxygens (including phenoxy) is 1. The Morgan fingerprint density at radius 3 is 2.74 bits per heavy atom. The summed E-state index contributed by atoms with van der Waals surface area (Å²) >= 11 is 0. The lowest BCUT2D eigenvalue weighted by atomic mass is 10.2. The van der Waals surface area contributed by atoms with Crippen LogP contribution in [0, 0.1) is 0 Å². The number of rotatable bonds is 6. The molecule has 0 aromatic heterocycles. The molecule has 1 atom stereocenters. The summed E-state index contributed by atoms with van der Waals surface area (Å²) in [4.78, 5) is 27.5. The maximum atomic E-state index is 12.3. The zero-order valence-electron chi connectivity index (χ0n) is 13.6. The molecule has 2 N–H and O–H groups in total. The van der Waals surface area contributed by atoms with Crippen molar-refractivity contribution in [2.75, 3.05) is 26.2 Å². The van der Waals surface area contributed by atoms with Gasteiger partial charge in [-0.05, 0) is 25.3 Å². The fourth-order valence-electron chi connectivity index (χ4n) is 2.86. The first kappa shape index (κ1) is 17.3. The number of likely N-dealkylation sites (N-methyl/N-ethyl adjacent to an activating group) is 1. The lowest BCUT2D eigenvalue weighted by Gasteiger charge is -2.29. The Labute approximate surface area is 137 Å². The van der Waals surface area contributed by atoms with Gasteiger partial charge in [-0.2, -0.15) is 0 Å².